The first-order valence-electron chi connectivity index (χ1n) is 6.10. The van der Waals surface area contributed by atoms with Crippen molar-refractivity contribution in [3.63, 3.8) is 0 Å². The Morgan fingerprint density at radius 2 is 1.85 bits per heavy atom. The molecule has 2 aromatic carbocycles. The summed E-state index contributed by atoms with van der Waals surface area (Å²) in [6.45, 7) is 1.78. The fraction of sp³-hybridized carbons (Fsp3) is 0.188. The molecule has 0 fully saturated rings. The second-order valence-electron chi connectivity index (χ2n) is 4.33. The maximum absolute atomic E-state index is 13.9. The number of carbonyl (C=O) groups is 1. The summed E-state index contributed by atoms with van der Waals surface area (Å²) >= 11 is 0. The summed E-state index contributed by atoms with van der Waals surface area (Å²) in [6.07, 6.45) is 0. The Bertz CT molecular complexity index is 650. The van der Waals surface area contributed by atoms with E-state index in [1.165, 1.54) is 19.2 Å². The molecule has 0 unspecified atom stereocenters. The first kappa shape index (κ1) is 14.1. The molecular formula is C16H15FO3. The topological polar surface area (TPSA) is 35.5 Å². The zero-order valence-corrected chi connectivity index (χ0v) is 11.6. The van der Waals surface area contributed by atoms with E-state index in [9.17, 15) is 9.18 Å². The summed E-state index contributed by atoms with van der Waals surface area (Å²) in [5.74, 6) is -0.116. The quantitative estimate of drug-likeness (QED) is 0.802. The monoisotopic (exact) mass is 274 g/mol. The third-order valence-electron chi connectivity index (χ3n) is 3.10. The lowest BCUT2D eigenvalue weighted by atomic mass is 9.98. The molecule has 0 aliphatic rings. The molecule has 0 aliphatic heterocycles. The lowest BCUT2D eigenvalue weighted by Crippen LogP contribution is -2.08. The maximum atomic E-state index is 13.9. The van der Waals surface area contributed by atoms with Crippen molar-refractivity contribution in [2.75, 3.05) is 14.2 Å². The molecule has 2 rings (SSSR count). The third kappa shape index (κ3) is 2.50. The van der Waals surface area contributed by atoms with Crippen LogP contribution in [-0.4, -0.2) is 20.0 Å². The van der Waals surface area contributed by atoms with Gasteiger partial charge in [0.25, 0.3) is 0 Å². The van der Waals surface area contributed by atoms with E-state index >= 15 is 0 Å². The van der Waals surface area contributed by atoms with Crippen molar-refractivity contribution >= 4 is 5.78 Å². The zero-order chi connectivity index (χ0) is 14.7. The number of ether oxygens (including phenoxy) is 2. The molecule has 0 aromatic heterocycles. The average molecular weight is 274 g/mol. The number of ketones is 1. The molecule has 0 spiro atoms. The van der Waals surface area contributed by atoms with Crippen LogP contribution < -0.4 is 9.47 Å². The second kappa shape index (κ2) is 5.74. The SMILES string of the molecule is COc1ccc(C(=O)c2c(F)cccc2OC)c(C)c1. The van der Waals surface area contributed by atoms with E-state index in [-0.39, 0.29) is 11.3 Å². The molecule has 3 nitrogen and oxygen atoms in total. The first-order chi connectivity index (χ1) is 9.58. The molecule has 104 valence electrons. The van der Waals surface area contributed by atoms with Crippen molar-refractivity contribution in [2.45, 2.75) is 6.92 Å². The highest BCUT2D eigenvalue weighted by Gasteiger charge is 2.20. The van der Waals surface area contributed by atoms with Gasteiger partial charge in [-0.25, -0.2) is 4.39 Å². The van der Waals surface area contributed by atoms with Crippen molar-refractivity contribution in [1.29, 1.82) is 0 Å². The van der Waals surface area contributed by atoms with Crippen LogP contribution in [0.3, 0.4) is 0 Å². The van der Waals surface area contributed by atoms with Gasteiger partial charge in [0.15, 0.2) is 5.78 Å². The van der Waals surface area contributed by atoms with Gasteiger partial charge < -0.3 is 9.47 Å². The summed E-state index contributed by atoms with van der Waals surface area (Å²) in [4.78, 5) is 12.5. The van der Waals surface area contributed by atoms with Gasteiger partial charge >= 0.3 is 0 Å². The highest BCUT2D eigenvalue weighted by Crippen LogP contribution is 2.26. The van der Waals surface area contributed by atoms with E-state index in [0.717, 1.165) is 5.56 Å². The Morgan fingerprint density at radius 3 is 2.45 bits per heavy atom. The van der Waals surface area contributed by atoms with Gasteiger partial charge in [-0.3, -0.25) is 4.79 Å². The molecule has 4 heteroatoms. The molecule has 0 aliphatic carbocycles. The van der Waals surface area contributed by atoms with Crippen LogP contribution in [0, 0.1) is 12.7 Å². The van der Waals surface area contributed by atoms with Crippen molar-refractivity contribution in [3.8, 4) is 11.5 Å². The highest BCUT2D eigenvalue weighted by molar-refractivity contribution is 6.11. The Hall–Kier alpha value is -2.36. The van der Waals surface area contributed by atoms with Crippen molar-refractivity contribution in [1.82, 2.24) is 0 Å². The first-order valence-corrected chi connectivity index (χ1v) is 6.10. The van der Waals surface area contributed by atoms with Crippen LogP contribution in [0.15, 0.2) is 36.4 Å². The molecule has 0 bridgehead atoms. The fourth-order valence-electron chi connectivity index (χ4n) is 2.05. The molecule has 0 radical (unpaired) electrons. The second-order valence-corrected chi connectivity index (χ2v) is 4.33. The van der Waals surface area contributed by atoms with Crippen LogP contribution in [0.25, 0.3) is 0 Å². The summed E-state index contributed by atoms with van der Waals surface area (Å²) in [5.41, 5.74) is 1.09. The number of benzene rings is 2. The lowest BCUT2D eigenvalue weighted by molar-refractivity contribution is 0.103. The lowest BCUT2D eigenvalue weighted by Gasteiger charge is -2.11. The predicted octanol–water partition coefficient (Wildman–Crippen LogP) is 3.38. The summed E-state index contributed by atoms with van der Waals surface area (Å²) < 4.78 is 24.1. The van der Waals surface area contributed by atoms with Crippen molar-refractivity contribution < 1.29 is 18.7 Å². The van der Waals surface area contributed by atoms with Gasteiger partial charge in [-0.05, 0) is 42.8 Å². The Morgan fingerprint density at radius 1 is 1.10 bits per heavy atom. The number of halogens is 1. The van der Waals surface area contributed by atoms with Crippen molar-refractivity contribution in [2.24, 2.45) is 0 Å². The minimum absolute atomic E-state index is 0.0525. The normalized spacial score (nSPS) is 10.2. The maximum Gasteiger partial charge on any atom is 0.199 e. The molecule has 0 N–H and O–H groups in total. The minimum Gasteiger partial charge on any atom is -0.497 e. The summed E-state index contributed by atoms with van der Waals surface area (Å²) in [6, 6.07) is 9.35. The van der Waals surface area contributed by atoms with E-state index in [2.05, 4.69) is 0 Å². The molecular weight excluding hydrogens is 259 g/mol. The van der Waals surface area contributed by atoms with Crippen molar-refractivity contribution in [3.05, 3.63) is 58.9 Å². The number of carbonyl (C=O) groups excluding carboxylic acids is 1. The van der Waals surface area contributed by atoms with E-state index in [1.807, 2.05) is 0 Å². The molecule has 20 heavy (non-hydrogen) atoms. The number of rotatable bonds is 4. The molecule has 2 aromatic rings. The van der Waals surface area contributed by atoms with E-state index in [0.29, 0.717) is 11.3 Å². The van der Waals surface area contributed by atoms with Crippen LogP contribution in [0.4, 0.5) is 4.39 Å². The van der Waals surface area contributed by atoms with E-state index in [4.69, 9.17) is 9.47 Å². The highest BCUT2D eigenvalue weighted by atomic mass is 19.1. The minimum atomic E-state index is -0.593. The van der Waals surface area contributed by atoms with Gasteiger partial charge in [0.2, 0.25) is 0 Å². The van der Waals surface area contributed by atoms with Gasteiger partial charge in [0.05, 0.1) is 14.2 Å². The Kier molecular flexibility index (Phi) is 4.03. The predicted molar refractivity (Wildman–Crippen MR) is 74.1 cm³/mol. The summed E-state index contributed by atoms with van der Waals surface area (Å²) in [5, 5.41) is 0. The molecule has 0 saturated heterocycles. The van der Waals surface area contributed by atoms with Crippen LogP contribution in [0.1, 0.15) is 21.5 Å². The Balaban J connectivity index is 2.52. The van der Waals surface area contributed by atoms with Gasteiger partial charge in [0, 0.05) is 5.56 Å². The van der Waals surface area contributed by atoms with Crippen LogP contribution >= 0.6 is 0 Å². The number of hydrogen-bond donors (Lipinski definition) is 0. The number of aryl methyl sites for hydroxylation is 1. The van der Waals surface area contributed by atoms with Gasteiger partial charge in [-0.2, -0.15) is 0 Å². The average Bonchev–Trinajstić information content (AvgIpc) is 2.46. The number of methoxy groups -OCH3 is 2. The molecule has 0 amide bonds. The van der Waals surface area contributed by atoms with Crippen LogP contribution in [0.5, 0.6) is 11.5 Å². The smallest absolute Gasteiger partial charge is 0.199 e. The molecule has 0 saturated carbocycles. The third-order valence-corrected chi connectivity index (χ3v) is 3.10. The van der Waals surface area contributed by atoms with Gasteiger partial charge in [0.1, 0.15) is 22.9 Å². The largest absolute Gasteiger partial charge is 0.497 e. The Labute approximate surface area is 117 Å². The van der Waals surface area contributed by atoms with Crippen LogP contribution in [0.2, 0.25) is 0 Å². The standard InChI is InChI=1S/C16H15FO3/c1-10-9-11(19-2)7-8-12(10)16(18)15-13(17)5-4-6-14(15)20-3/h4-9H,1-3H3. The van der Waals surface area contributed by atoms with E-state index in [1.54, 1.807) is 38.3 Å². The van der Waals surface area contributed by atoms with Gasteiger partial charge in [-0.1, -0.05) is 6.07 Å². The van der Waals surface area contributed by atoms with Crippen LogP contribution in [-0.2, 0) is 0 Å². The van der Waals surface area contributed by atoms with Gasteiger partial charge in [-0.15, -0.1) is 0 Å². The summed E-state index contributed by atoms with van der Waals surface area (Å²) in [7, 11) is 2.96. The molecule has 0 heterocycles. The van der Waals surface area contributed by atoms with E-state index < -0.39 is 11.6 Å². The fourth-order valence-corrected chi connectivity index (χ4v) is 2.05. The molecule has 0 atom stereocenters. The zero-order valence-electron chi connectivity index (χ0n) is 11.6. The number of hydrogen-bond acceptors (Lipinski definition) is 3.